The average molecular weight is 319 g/mol. The molecule has 23 heavy (non-hydrogen) atoms. The smallest absolute Gasteiger partial charge is 0.244 e. The molecular weight excluding hydrogens is 298 g/mol. The molecule has 0 unspecified atom stereocenters. The van der Waals surface area contributed by atoms with E-state index in [9.17, 15) is 5.11 Å². The second-order valence-electron chi connectivity index (χ2n) is 5.61. The molecule has 7 nitrogen and oxygen atoms in total. The summed E-state index contributed by atoms with van der Waals surface area (Å²) in [5.74, 6) is 2.68. The Kier molecular flexibility index (Phi) is 4.78. The summed E-state index contributed by atoms with van der Waals surface area (Å²) < 4.78 is 16.2. The van der Waals surface area contributed by atoms with Gasteiger partial charge >= 0.3 is 0 Å². The molecule has 2 aromatic rings. The van der Waals surface area contributed by atoms with E-state index in [0.717, 1.165) is 11.5 Å². The number of aromatic nitrogens is 2. The van der Waals surface area contributed by atoms with Crippen molar-refractivity contribution >= 4 is 0 Å². The highest BCUT2D eigenvalue weighted by Gasteiger charge is 2.35. The third kappa shape index (κ3) is 3.80. The number of aliphatic hydroxyl groups excluding tert-OH is 1. The Morgan fingerprint density at radius 2 is 2.22 bits per heavy atom. The Balaban J connectivity index is 1.57. The Hall–Kier alpha value is -2.12. The molecule has 0 bridgehead atoms. The Labute approximate surface area is 134 Å². The molecular formula is C16H21N3O4. The Bertz CT molecular complexity index is 646. The van der Waals surface area contributed by atoms with E-state index in [4.69, 9.17) is 14.0 Å². The summed E-state index contributed by atoms with van der Waals surface area (Å²) in [6.07, 6.45) is 0.213. The second-order valence-corrected chi connectivity index (χ2v) is 5.61. The number of benzene rings is 1. The zero-order chi connectivity index (χ0) is 16.2. The van der Waals surface area contributed by atoms with E-state index >= 15 is 0 Å². The van der Waals surface area contributed by atoms with Gasteiger partial charge in [-0.25, -0.2) is 0 Å². The summed E-state index contributed by atoms with van der Waals surface area (Å²) >= 11 is 0. The molecule has 0 saturated carbocycles. The molecule has 2 atom stereocenters. The first-order valence-electron chi connectivity index (χ1n) is 7.65. The van der Waals surface area contributed by atoms with Gasteiger partial charge in [-0.3, -0.25) is 4.90 Å². The van der Waals surface area contributed by atoms with Crippen LogP contribution in [0, 0.1) is 6.92 Å². The van der Waals surface area contributed by atoms with E-state index in [-0.39, 0.29) is 12.1 Å². The van der Waals surface area contributed by atoms with Crippen LogP contribution in [0.2, 0.25) is 0 Å². The first-order valence-corrected chi connectivity index (χ1v) is 7.65. The predicted octanol–water partition coefficient (Wildman–Crippen LogP) is 1.57. The van der Waals surface area contributed by atoms with Crippen LogP contribution in [0.15, 0.2) is 28.8 Å². The number of hydrogen-bond acceptors (Lipinski definition) is 7. The van der Waals surface area contributed by atoms with Crippen molar-refractivity contribution in [2.45, 2.75) is 25.5 Å². The molecule has 1 fully saturated rings. The van der Waals surface area contributed by atoms with Crippen molar-refractivity contribution in [2.75, 3.05) is 26.8 Å². The minimum atomic E-state index is -0.385. The Morgan fingerprint density at radius 1 is 1.39 bits per heavy atom. The lowest BCUT2D eigenvalue weighted by molar-refractivity contribution is 0.155. The number of methoxy groups -OCH3 is 1. The second kappa shape index (κ2) is 6.97. The van der Waals surface area contributed by atoms with Gasteiger partial charge in [0.1, 0.15) is 18.1 Å². The van der Waals surface area contributed by atoms with E-state index in [1.807, 2.05) is 24.3 Å². The number of hydrogen-bond donors (Lipinski definition) is 1. The van der Waals surface area contributed by atoms with Crippen molar-refractivity contribution in [1.82, 2.24) is 15.0 Å². The molecule has 1 aliphatic rings. The number of nitrogens with zero attached hydrogens (tertiary/aromatic N) is 3. The molecule has 3 rings (SSSR count). The van der Waals surface area contributed by atoms with Crippen LogP contribution < -0.4 is 9.47 Å². The molecule has 0 radical (unpaired) electrons. The van der Waals surface area contributed by atoms with Crippen LogP contribution in [0.25, 0.3) is 0 Å². The maximum atomic E-state index is 9.93. The van der Waals surface area contributed by atoms with Gasteiger partial charge in [-0.1, -0.05) is 11.2 Å². The molecule has 1 saturated heterocycles. The largest absolute Gasteiger partial charge is 0.497 e. The van der Waals surface area contributed by atoms with Crippen LogP contribution in [0.4, 0.5) is 0 Å². The molecule has 1 N–H and O–H groups in total. The van der Waals surface area contributed by atoms with Crippen LogP contribution in [-0.2, 0) is 0 Å². The van der Waals surface area contributed by atoms with Gasteiger partial charge < -0.3 is 19.1 Å². The number of aryl methyl sites for hydroxylation is 1. The first kappa shape index (κ1) is 15.8. The number of ether oxygens (including phenoxy) is 2. The molecule has 1 aromatic carbocycles. The van der Waals surface area contributed by atoms with Gasteiger partial charge in [0.15, 0.2) is 5.82 Å². The summed E-state index contributed by atoms with van der Waals surface area (Å²) in [4.78, 5) is 6.39. The molecule has 0 aliphatic carbocycles. The van der Waals surface area contributed by atoms with Gasteiger partial charge in [0.05, 0.1) is 19.3 Å². The van der Waals surface area contributed by atoms with Crippen LogP contribution >= 0.6 is 0 Å². The lowest BCUT2D eigenvalue weighted by atomic mass is 10.2. The lowest BCUT2D eigenvalue weighted by Gasteiger charge is -2.21. The summed E-state index contributed by atoms with van der Waals surface area (Å²) in [6.45, 7) is 3.53. The minimum absolute atomic E-state index is 0.0555. The highest BCUT2D eigenvalue weighted by Crippen LogP contribution is 2.30. The summed E-state index contributed by atoms with van der Waals surface area (Å²) in [6, 6.07) is 7.44. The van der Waals surface area contributed by atoms with Gasteiger partial charge in [-0.05, 0) is 25.5 Å². The Morgan fingerprint density at radius 3 is 2.96 bits per heavy atom. The van der Waals surface area contributed by atoms with E-state index < -0.39 is 0 Å². The number of likely N-dealkylation sites (tertiary alicyclic amines) is 1. The SMILES string of the molecule is COc1cccc(OCCN2C[C@H](O)C[C@@H]2c2nc(C)no2)c1. The third-order valence-corrected chi connectivity index (χ3v) is 3.90. The first-order chi connectivity index (χ1) is 11.2. The number of aliphatic hydroxyl groups is 1. The molecule has 7 heteroatoms. The number of β-amino-alcohol motifs (C(OH)–C–C–N with tert-alkyl or cyclic N) is 1. The predicted molar refractivity (Wildman–Crippen MR) is 82.5 cm³/mol. The monoisotopic (exact) mass is 319 g/mol. The topological polar surface area (TPSA) is 80.9 Å². The van der Waals surface area contributed by atoms with Crippen LogP contribution in [-0.4, -0.2) is 53.1 Å². The zero-order valence-electron chi connectivity index (χ0n) is 13.3. The van der Waals surface area contributed by atoms with Crippen molar-refractivity contribution in [1.29, 1.82) is 0 Å². The molecule has 0 amide bonds. The quantitative estimate of drug-likeness (QED) is 0.865. The van der Waals surface area contributed by atoms with Gasteiger partial charge in [-0.15, -0.1) is 0 Å². The van der Waals surface area contributed by atoms with E-state index in [2.05, 4.69) is 15.0 Å². The molecule has 1 aromatic heterocycles. The highest BCUT2D eigenvalue weighted by molar-refractivity contribution is 5.32. The van der Waals surface area contributed by atoms with E-state index in [1.165, 1.54) is 0 Å². The van der Waals surface area contributed by atoms with Crippen molar-refractivity contribution in [3.63, 3.8) is 0 Å². The van der Waals surface area contributed by atoms with Gasteiger partial charge in [-0.2, -0.15) is 4.98 Å². The highest BCUT2D eigenvalue weighted by atomic mass is 16.5. The lowest BCUT2D eigenvalue weighted by Crippen LogP contribution is -2.29. The third-order valence-electron chi connectivity index (χ3n) is 3.90. The van der Waals surface area contributed by atoms with Crippen molar-refractivity contribution in [2.24, 2.45) is 0 Å². The summed E-state index contributed by atoms with van der Waals surface area (Å²) in [5, 5.41) is 13.8. The fraction of sp³-hybridized carbons (Fsp3) is 0.500. The van der Waals surface area contributed by atoms with Gasteiger partial charge in [0.25, 0.3) is 0 Å². The van der Waals surface area contributed by atoms with Crippen molar-refractivity contribution in [3.05, 3.63) is 36.0 Å². The summed E-state index contributed by atoms with van der Waals surface area (Å²) in [5.41, 5.74) is 0. The van der Waals surface area contributed by atoms with Crippen LogP contribution in [0.1, 0.15) is 24.2 Å². The molecule has 1 aliphatic heterocycles. The molecule has 124 valence electrons. The van der Waals surface area contributed by atoms with E-state index in [1.54, 1.807) is 14.0 Å². The van der Waals surface area contributed by atoms with Crippen LogP contribution in [0.3, 0.4) is 0 Å². The maximum Gasteiger partial charge on any atom is 0.244 e. The van der Waals surface area contributed by atoms with Crippen molar-refractivity contribution < 1.29 is 19.1 Å². The zero-order valence-corrected chi connectivity index (χ0v) is 13.3. The maximum absolute atomic E-state index is 9.93. The van der Waals surface area contributed by atoms with E-state index in [0.29, 0.717) is 37.8 Å². The molecule has 0 spiro atoms. The van der Waals surface area contributed by atoms with Gasteiger partial charge in [0.2, 0.25) is 5.89 Å². The van der Waals surface area contributed by atoms with Crippen molar-refractivity contribution in [3.8, 4) is 11.5 Å². The van der Waals surface area contributed by atoms with Gasteiger partial charge in [0, 0.05) is 19.2 Å². The average Bonchev–Trinajstić information content (AvgIpc) is 3.13. The fourth-order valence-corrected chi connectivity index (χ4v) is 2.80. The fourth-order valence-electron chi connectivity index (χ4n) is 2.80. The standard InChI is InChI=1S/C16H21N3O4/c1-11-17-16(23-18-11)15-8-12(20)10-19(15)6-7-22-14-5-3-4-13(9-14)21-2/h3-5,9,12,15,20H,6-8,10H2,1-2H3/t12-,15-/m1/s1. The molecule has 2 heterocycles. The normalized spacial score (nSPS) is 21.5. The summed E-state index contributed by atoms with van der Waals surface area (Å²) in [7, 11) is 1.63. The minimum Gasteiger partial charge on any atom is -0.497 e. The number of rotatable bonds is 6. The van der Waals surface area contributed by atoms with Crippen LogP contribution in [0.5, 0.6) is 11.5 Å².